The summed E-state index contributed by atoms with van der Waals surface area (Å²) in [6, 6.07) is 16.4. The number of aromatic nitrogens is 1. The highest BCUT2D eigenvalue weighted by Crippen LogP contribution is 2.20. The summed E-state index contributed by atoms with van der Waals surface area (Å²) in [6.45, 7) is 3.76. The molecule has 0 saturated carbocycles. The second kappa shape index (κ2) is 7.85. The van der Waals surface area contributed by atoms with Gasteiger partial charge in [-0.25, -0.2) is 4.98 Å². The molecule has 26 heavy (non-hydrogen) atoms. The fourth-order valence-electron chi connectivity index (χ4n) is 2.42. The molecule has 1 aromatic heterocycles. The molecule has 1 amide bonds. The van der Waals surface area contributed by atoms with E-state index in [1.807, 2.05) is 44.2 Å². The summed E-state index contributed by atoms with van der Waals surface area (Å²) in [7, 11) is 0. The number of nitrogens with zero attached hydrogens (tertiary/aromatic N) is 1. The van der Waals surface area contributed by atoms with Crippen LogP contribution in [0.4, 0.5) is 0 Å². The Morgan fingerprint density at radius 1 is 1.12 bits per heavy atom. The molecule has 2 aromatic carbocycles. The molecule has 0 fully saturated rings. The number of thiazole rings is 1. The number of hydrogen-bond donors (Lipinski definition) is 2. The first-order chi connectivity index (χ1) is 12.5. The van der Waals surface area contributed by atoms with Crippen LogP contribution in [-0.2, 0) is 0 Å². The van der Waals surface area contributed by atoms with Gasteiger partial charge in [-0.3, -0.25) is 4.79 Å². The minimum Gasteiger partial charge on any atom is -0.508 e. The van der Waals surface area contributed by atoms with Crippen molar-refractivity contribution in [2.45, 2.75) is 19.9 Å². The lowest BCUT2D eigenvalue weighted by Crippen LogP contribution is -2.26. The van der Waals surface area contributed by atoms with Crippen LogP contribution in [0, 0.1) is 18.8 Å². The molecule has 2 N–H and O–H groups in total. The standard InChI is InChI=1S/C21H18N2O2S/c1-14(17-6-4-3-5-7-17)23-21(25)20-15(2)22-19(26-20)13-10-16-8-11-18(24)12-9-16/h3-9,11-12,14,24H,1-2H3,(H,23,25)/t14-/m0/s1. The van der Waals surface area contributed by atoms with Crippen LogP contribution in [0.1, 0.15) is 44.5 Å². The Hall–Kier alpha value is -3.10. The molecule has 130 valence electrons. The van der Waals surface area contributed by atoms with E-state index in [1.54, 1.807) is 24.3 Å². The van der Waals surface area contributed by atoms with Gasteiger partial charge in [0.05, 0.1) is 11.7 Å². The molecule has 0 unspecified atom stereocenters. The van der Waals surface area contributed by atoms with Gasteiger partial charge in [-0.2, -0.15) is 0 Å². The van der Waals surface area contributed by atoms with Crippen molar-refractivity contribution < 1.29 is 9.90 Å². The number of benzene rings is 2. The number of carbonyl (C=O) groups excluding carboxylic acids is 1. The van der Waals surface area contributed by atoms with Crippen LogP contribution >= 0.6 is 11.3 Å². The van der Waals surface area contributed by atoms with Gasteiger partial charge in [-0.15, -0.1) is 11.3 Å². The summed E-state index contributed by atoms with van der Waals surface area (Å²) in [4.78, 5) is 17.5. The van der Waals surface area contributed by atoms with Crippen LogP contribution in [0.2, 0.25) is 0 Å². The molecule has 1 atom stereocenters. The van der Waals surface area contributed by atoms with E-state index >= 15 is 0 Å². The van der Waals surface area contributed by atoms with Crippen molar-refractivity contribution >= 4 is 17.2 Å². The number of rotatable bonds is 3. The Morgan fingerprint density at radius 3 is 2.50 bits per heavy atom. The first-order valence-electron chi connectivity index (χ1n) is 8.17. The molecule has 3 aromatic rings. The highest BCUT2D eigenvalue weighted by molar-refractivity contribution is 7.14. The molecular formula is C21H18N2O2S. The van der Waals surface area contributed by atoms with Gasteiger partial charge in [-0.05, 0) is 49.6 Å². The van der Waals surface area contributed by atoms with E-state index in [4.69, 9.17) is 0 Å². The largest absolute Gasteiger partial charge is 0.508 e. The summed E-state index contributed by atoms with van der Waals surface area (Å²) >= 11 is 1.28. The van der Waals surface area contributed by atoms with Gasteiger partial charge >= 0.3 is 0 Å². The predicted octanol–water partition coefficient (Wildman–Crippen LogP) is 4.05. The lowest BCUT2D eigenvalue weighted by atomic mass is 10.1. The van der Waals surface area contributed by atoms with E-state index in [9.17, 15) is 9.90 Å². The summed E-state index contributed by atoms with van der Waals surface area (Å²) in [6.07, 6.45) is 0. The Kier molecular flexibility index (Phi) is 5.35. The molecule has 0 saturated heterocycles. The van der Waals surface area contributed by atoms with Gasteiger partial charge in [0.1, 0.15) is 10.6 Å². The molecule has 1 heterocycles. The number of aryl methyl sites for hydroxylation is 1. The summed E-state index contributed by atoms with van der Waals surface area (Å²) < 4.78 is 0. The number of amides is 1. The average molecular weight is 362 g/mol. The van der Waals surface area contributed by atoms with Crippen molar-refractivity contribution in [1.29, 1.82) is 0 Å². The number of phenolic OH excluding ortho intramolecular Hbond substituents is 1. The predicted molar refractivity (Wildman–Crippen MR) is 103 cm³/mol. The van der Waals surface area contributed by atoms with Gasteiger partial charge in [0.2, 0.25) is 0 Å². The van der Waals surface area contributed by atoms with Gasteiger partial charge in [-0.1, -0.05) is 36.3 Å². The summed E-state index contributed by atoms with van der Waals surface area (Å²) in [5.41, 5.74) is 2.50. The Bertz CT molecular complexity index is 967. The van der Waals surface area contributed by atoms with Crippen molar-refractivity contribution in [2.75, 3.05) is 0 Å². The van der Waals surface area contributed by atoms with Crippen molar-refractivity contribution in [3.8, 4) is 17.6 Å². The van der Waals surface area contributed by atoms with Crippen LogP contribution in [0.5, 0.6) is 5.75 Å². The number of aromatic hydroxyl groups is 1. The van der Waals surface area contributed by atoms with Crippen LogP contribution < -0.4 is 5.32 Å². The minimum absolute atomic E-state index is 0.0864. The van der Waals surface area contributed by atoms with Crippen LogP contribution in [-0.4, -0.2) is 16.0 Å². The zero-order valence-corrected chi connectivity index (χ0v) is 15.3. The zero-order valence-electron chi connectivity index (χ0n) is 14.5. The highest BCUT2D eigenvalue weighted by Gasteiger charge is 2.17. The van der Waals surface area contributed by atoms with E-state index in [0.717, 1.165) is 11.1 Å². The third kappa shape index (κ3) is 4.29. The van der Waals surface area contributed by atoms with Crippen molar-refractivity contribution in [2.24, 2.45) is 0 Å². The molecule has 3 rings (SSSR count). The van der Waals surface area contributed by atoms with E-state index < -0.39 is 0 Å². The molecule has 0 bridgehead atoms. The fourth-order valence-corrected chi connectivity index (χ4v) is 3.24. The lowest BCUT2D eigenvalue weighted by Gasteiger charge is -2.13. The number of hydrogen-bond acceptors (Lipinski definition) is 4. The van der Waals surface area contributed by atoms with Crippen molar-refractivity contribution in [3.05, 3.63) is 81.3 Å². The second-order valence-electron chi connectivity index (χ2n) is 5.84. The van der Waals surface area contributed by atoms with Gasteiger partial charge in [0.15, 0.2) is 5.01 Å². The SMILES string of the molecule is Cc1nc(C#Cc2ccc(O)cc2)sc1C(=O)N[C@@H](C)c1ccccc1. The average Bonchev–Trinajstić information content (AvgIpc) is 3.03. The molecule has 0 radical (unpaired) electrons. The van der Waals surface area contributed by atoms with Crippen molar-refractivity contribution in [1.82, 2.24) is 10.3 Å². The number of nitrogens with one attached hydrogen (secondary N) is 1. The number of carbonyl (C=O) groups is 1. The maximum atomic E-state index is 12.6. The molecular weight excluding hydrogens is 344 g/mol. The first kappa shape index (κ1) is 17.7. The summed E-state index contributed by atoms with van der Waals surface area (Å²) in [5.74, 6) is 6.02. The van der Waals surface area contributed by atoms with E-state index in [-0.39, 0.29) is 17.7 Å². The highest BCUT2D eigenvalue weighted by atomic mass is 32.1. The van der Waals surface area contributed by atoms with E-state index in [2.05, 4.69) is 22.1 Å². The number of phenols is 1. The molecule has 0 aliphatic rings. The maximum absolute atomic E-state index is 12.6. The van der Waals surface area contributed by atoms with Gasteiger partial charge < -0.3 is 10.4 Å². The van der Waals surface area contributed by atoms with Crippen molar-refractivity contribution in [3.63, 3.8) is 0 Å². The van der Waals surface area contributed by atoms with Gasteiger partial charge in [0, 0.05) is 5.56 Å². The van der Waals surface area contributed by atoms with E-state index in [0.29, 0.717) is 15.6 Å². The normalized spacial score (nSPS) is 11.3. The smallest absolute Gasteiger partial charge is 0.263 e. The Morgan fingerprint density at radius 2 is 1.81 bits per heavy atom. The maximum Gasteiger partial charge on any atom is 0.263 e. The lowest BCUT2D eigenvalue weighted by molar-refractivity contribution is 0.0943. The van der Waals surface area contributed by atoms with Crippen LogP contribution in [0.15, 0.2) is 54.6 Å². The zero-order chi connectivity index (χ0) is 18.5. The van der Waals surface area contributed by atoms with Gasteiger partial charge in [0.25, 0.3) is 5.91 Å². The first-order valence-corrected chi connectivity index (χ1v) is 8.99. The second-order valence-corrected chi connectivity index (χ2v) is 6.84. The monoisotopic (exact) mass is 362 g/mol. The Balaban J connectivity index is 1.73. The molecule has 0 spiro atoms. The van der Waals surface area contributed by atoms with Crippen LogP contribution in [0.3, 0.4) is 0 Å². The third-order valence-corrected chi connectivity index (χ3v) is 4.90. The van der Waals surface area contributed by atoms with Crippen LogP contribution in [0.25, 0.3) is 0 Å². The third-order valence-electron chi connectivity index (χ3n) is 3.83. The molecule has 5 heteroatoms. The summed E-state index contributed by atoms with van der Waals surface area (Å²) in [5, 5.41) is 12.9. The molecule has 0 aliphatic carbocycles. The minimum atomic E-state index is -0.144. The molecule has 4 nitrogen and oxygen atoms in total. The Labute approximate surface area is 156 Å². The quantitative estimate of drug-likeness (QED) is 0.691. The molecule has 0 aliphatic heterocycles. The van der Waals surface area contributed by atoms with E-state index in [1.165, 1.54) is 11.3 Å². The fraction of sp³-hybridized carbons (Fsp3) is 0.143. The topological polar surface area (TPSA) is 62.2 Å².